The van der Waals surface area contributed by atoms with Crippen molar-refractivity contribution in [2.24, 2.45) is 17.8 Å². The maximum atomic E-state index is 12.4. The van der Waals surface area contributed by atoms with Gasteiger partial charge in [-0.1, -0.05) is 29.8 Å². The van der Waals surface area contributed by atoms with Crippen molar-refractivity contribution in [2.75, 3.05) is 18.8 Å². The van der Waals surface area contributed by atoms with Gasteiger partial charge in [0.15, 0.2) is 0 Å². The van der Waals surface area contributed by atoms with Crippen LogP contribution in [0.3, 0.4) is 0 Å². The number of likely N-dealkylation sites (tertiary alicyclic amines) is 1. The summed E-state index contributed by atoms with van der Waals surface area (Å²) >= 11 is 1.61. The summed E-state index contributed by atoms with van der Waals surface area (Å²) in [6.07, 6.45) is 2.25. The van der Waals surface area contributed by atoms with Gasteiger partial charge < -0.3 is 10.0 Å². The van der Waals surface area contributed by atoms with E-state index in [9.17, 15) is 14.7 Å². The summed E-state index contributed by atoms with van der Waals surface area (Å²) in [5, 5.41) is 9.37. The number of carbonyl (C=O) groups is 2. The highest BCUT2D eigenvalue weighted by Gasteiger charge is 2.46. The average Bonchev–Trinajstić information content (AvgIpc) is 3.25. The zero-order valence-electron chi connectivity index (χ0n) is 13.4. The van der Waals surface area contributed by atoms with E-state index in [1.165, 1.54) is 11.1 Å². The third-order valence-corrected chi connectivity index (χ3v) is 5.83. The van der Waals surface area contributed by atoms with Gasteiger partial charge in [0.25, 0.3) is 0 Å². The number of benzene rings is 1. The summed E-state index contributed by atoms with van der Waals surface area (Å²) in [7, 11) is 0. The van der Waals surface area contributed by atoms with E-state index in [0.717, 1.165) is 18.6 Å². The van der Waals surface area contributed by atoms with Crippen molar-refractivity contribution in [1.82, 2.24) is 4.90 Å². The summed E-state index contributed by atoms with van der Waals surface area (Å²) in [6.45, 7) is 3.08. The summed E-state index contributed by atoms with van der Waals surface area (Å²) < 4.78 is 0. The molecule has 2 aliphatic rings. The molecule has 0 bridgehead atoms. The highest BCUT2D eigenvalue weighted by Crippen LogP contribution is 2.44. The number of hydrogen-bond acceptors (Lipinski definition) is 3. The molecule has 1 aliphatic heterocycles. The van der Waals surface area contributed by atoms with E-state index in [-0.39, 0.29) is 17.7 Å². The number of carboxylic acids is 1. The van der Waals surface area contributed by atoms with Gasteiger partial charge in [-0.3, -0.25) is 9.59 Å². The molecular formula is C18H23NO3S. The molecule has 124 valence electrons. The molecule has 1 heterocycles. The molecule has 0 unspecified atom stereocenters. The largest absolute Gasteiger partial charge is 0.481 e. The number of hydrogen-bond donors (Lipinski definition) is 1. The predicted octanol–water partition coefficient (Wildman–Crippen LogP) is 2.80. The van der Waals surface area contributed by atoms with E-state index in [2.05, 4.69) is 25.1 Å². The topological polar surface area (TPSA) is 57.6 Å². The highest BCUT2D eigenvalue weighted by molar-refractivity contribution is 7.99. The number of aliphatic carboxylic acids is 1. The molecule has 4 nitrogen and oxygen atoms in total. The zero-order chi connectivity index (χ0) is 16.4. The van der Waals surface area contributed by atoms with Crippen LogP contribution in [0.25, 0.3) is 0 Å². The lowest BCUT2D eigenvalue weighted by Crippen LogP contribution is -2.31. The van der Waals surface area contributed by atoms with Crippen molar-refractivity contribution in [1.29, 1.82) is 0 Å². The van der Waals surface area contributed by atoms with E-state index >= 15 is 0 Å². The fourth-order valence-corrected chi connectivity index (χ4v) is 4.32. The highest BCUT2D eigenvalue weighted by atomic mass is 32.2. The van der Waals surface area contributed by atoms with Gasteiger partial charge in [0.05, 0.1) is 11.7 Å². The van der Waals surface area contributed by atoms with Crippen LogP contribution in [0, 0.1) is 24.7 Å². The molecule has 1 saturated heterocycles. The first-order chi connectivity index (χ1) is 11.0. The number of carboxylic acid groups (broad SMARTS) is 1. The van der Waals surface area contributed by atoms with Crippen LogP contribution in [0.4, 0.5) is 0 Å². The molecule has 1 amide bonds. The molecule has 1 saturated carbocycles. The summed E-state index contributed by atoms with van der Waals surface area (Å²) in [5.74, 6) is 0.898. The van der Waals surface area contributed by atoms with Crippen LogP contribution in [0.1, 0.15) is 24.0 Å². The fourth-order valence-electron chi connectivity index (χ4n) is 3.45. The molecule has 0 spiro atoms. The first kappa shape index (κ1) is 16.4. The molecule has 0 aromatic heterocycles. The van der Waals surface area contributed by atoms with E-state index in [0.29, 0.717) is 24.8 Å². The van der Waals surface area contributed by atoms with Crippen LogP contribution in [0.15, 0.2) is 24.3 Å². The minimum absolute atomic E-state index is 0.0806. The van der Waals surface area contributed by atoms with Crippen molar-refractivity contribution in [2.45, 2.75) is 25.5 Å². The zero-order valence-corrected chi connectivity index (χ0v) is 14.2. The van der Waals surface area contributed by atoms with Crippen LogP contribution >= 0.6 is 11.8 Å². The van der Waals surface area contributed by atoms with Gasteiger partial charge in [-0.25, -0.2) is 0 Å². The van der Waals surface area contributed by atoms with Crippen LogP contribution in [-0.2, 0) is 15.3 Å². The molecular weight excluding hydrogens is 310 g/mol. The lowest BCUT2D eigenvalue weighted by Gasteiger charge is -2.16. The molecule has 0 radical (unpaired) electrons. The predicted molar refractivity (Wildman–Crippen MR) is 91.3 cm³/mol. The number of aryl methyl sites for hydroxylation is 1. The second kappa shape index (κ2) is 6.95. The Hall–Kier alpha value is -1.49. The van der Waals surface area contributed by atoms with Crippen LogP contribution in [-0.4, -0.2) is 40.7 Å². The molecule has 2 atom stereocenters. The maximum absolute atomic E-state index is 12.4. The molecule has 1 aromatic rings. The van der Waals surface area contributed by atoms with Gasteiger partial charge in [-0.2, -0.15) is 0 Å². The fraction of sp³-hybridized carbons (Fsp3) is 0.556. The minimum atomic E-state index is -0.746. The first-order valence-electron chi connectivity index (χ1n) is 8.18. The molecule has 3 rings (SSSR count). The van der Waals surface area contributed by atoms with Crippen molar-refractivity contribution < 1.29 is 14.7 Å². The van der Waals surface area contributed by atoms with Gasteiger partial charge in [0, 0.05) is 18.8 Å². The number of thioether (sulfide) groups is 1. The van der Waals surface area contributed by atoms with Gasteiger partial charge in [-0.15, -0.1) is 11.8 Å². The van der Waals surface area contributed by atoms with E-state index in [4.69, 9.17) is 0 Å². The monoisotopic (exact) mass is 333 g/mol. The molecule has 1 N–H and O–H groups in total. The average molecular weight is 333 g/mol. The third-order valence-electron chi connectivity index (χ3n) is 4.84. The molecule has 2 fully saturated rings. The standard InChI is InChI=1S/C18H23NO3S/c1-12-3-2-4-13(7-12)10-23-11-17(20)19-8-15(14-5-6-14)16(9-19)18(21)22/h2-4,7,14-16H,5-6,8-11H2,1H3,(H,21,22)/t15-,16+/m1/s1. The third kappa shape index (κ3) is 4.08. The Morgan fingerprint density at radius 3 is 2.74 bits per heavy atom. The number of rotatable bonds is 6. The molecule has 5 heteroatoms. The quantitative estimate of drug-likeness (QED) is 0.870. The first-order valence-corrected chi connectivity index (χ1v) is 9.34. The van der Waals surface area contributed by atoms with Crippen LogP contribution in [0.2, 0.25) is 0 Å². The van der Waals surface area contributed by atoms with E-state index in [1.807, 2.05) is 6.07 Å². The Labute approximate surface area is 141 Å². The van der Waals surface area contributed by atoms with Gasteiger partial charge in [0.1, 0.15) is 0 Å². The smallest absolute Gasteiger partial charge is 0.308 e. The van der Waals surface area contributed by atoms with Crippen molar-refractivity contribution in [3.8, 4) is 0 Å². The van der Waals surface area contributed by atoms with Gasteiger partial charge >= 0.3 is 5.97 Å². The lowest BCUT2D eigenvalue weighted by atomic mass is 9.92. The van der Waals surface area contributed by atoms with Crippen molar-refractivity contribution in [3.05, 3.63) is 35.4 Å². The summed E-state index contributed by atoms with van der Waals surface area (Å²) in [6, 6.07) is 8.31. The molecule has 1 aromatic carbocycles. The normalized spacial score (nSPS) is 24.0. The van der Waals surface area contributed by atoms with Gasteiger partial charge in [0.2, 0.25) is 5.91 Å². The number of carbonyl (C=O) groups excluding carboxylic acids is 1. The minimum Gasteiger partial charge on any atom is -0.481 e. The SMILES string of the molecule is Cc1cccc(CSCC(=O)N2C[C@H](C(=O)O)[C@@H](C3CC3)C2)c1. The Kier molecular flexibility index (Phi) is 4.95. The summed E-state index contributed by atoms with van der Waals surface area (Å²) in [4.78, 5) is 25.5. The second-order valence-electron chi connectivity index (χ2n) is 6.73. The van der Waals surface area contributed by atoms with Gasteiger partial charge in [-0.05, 0) is 37.2 Å². The Morgan fingerprint density at radius 2 is 2.09 bits per heavy atom. The second-order valence-corrected chi connectivity index (χ2v) is 7.71. The summed E-state index contributed by atoms with van der Waals surface area (Å²) in [5.41, 5.74) is 2.45. The van der Waals surface area contributed by atoms with Crippen LogP contribution < -0.4 is 0 Å². The van der Waals surface area contributed by atoms with Crippen molar-refractivity contribution >= 4 is 23.6 Å². The maximum Gasteiger partial charge on any atom is 0.308 e. The number of nitrogens with zero attached hydrogens (tertiary/aromatic N) is 1. The Bertz CT molecular complexity index is 600. The van der Waals surface area contributed by atoms with E-state index in [1.54, 1.807) is 16.7 Å². The molecule has 23 heavy (non-hydrogen) atoms. The lowest BCUT2D eigenvalue weighted by molar-refractivity contribution is -0.142. The number of amides is 1. The Morgan fingerprint density at radius 1 is 1.30 bits per heavy atom. The van der Waals surface area contributed by atoms with Crippen LogP contribution in [0.5, 0.6) is 0 Å². The van der Waals surface area contributed by atoms with E-state index < -0.39 is 5.97 Å². The Balaban J connectivity index is 1.49. The van der Waals surface area contributed by atoms with Crippen molar-refractivity contribution in [3.63, 3.8) is 0 Å². The molecule has 1 aliphatic carbocycles.